The molecule has 0 heterocycles. The molecule has 2 rings (SSSR count). The number of hydrogen-bond acceptors (Lipinski definition) is 3. The van der Waals surface area contributed by atoms with Gasteiger partial charge in [0.25, 0.3) is 5.91 Å². The molecule has 0 spiro atoms. The number of nitrogens with zero attached hydrogens (tertiary/aromatic N) is 1. The molecule has 7 heteroatoms. The molecular formula is C25H32BrClN2O3. The zero-order valence-electron chi connectivity index (χ0n) is 19.2. The van der Waals surface area contributed by atoms with E-state index in [0.29, 0.717) is 23.7 Å². The van der Waals surface area contributed by atoms with E-state index >= 15 is 0 Å². The van der Waals surface area contributed by atoms with Crippen molar-refractivity contribution in [1.82, 2.24) is 10.2 Å². The van der Waals surface area contributed by atoms with Crippen LogP contribution in [-0.2, 0) is 16.1 Å². The van der Waals surface area contributed by atoms with E-state index in [1.165, 1.54) is 0 Å². The molecule has 0 radical (unpaired) electrons. The Kier molecular flexibility index (Phi) is 10.5. The maximum absolute atomic E-state index is 13.3. The van der Waals surface area contributed by atoms with Gasteiger partial charge >= 0.3 is 0 Å². The van der Waals surface area contributed by atoms with Crippen molar-refractivity contribution in [2.75, 3.05) is 13.2 Å². The normalized spacial score (nSPS) is 11.7. The van der Waals surface area contributed by atoms with Crippen molar-refractivity contribution in [1.29, 1.82) is 0 Å². The molecule has 1 atom stereocenters. The van der Waals surface area contributed by atoms with Crippen LogP contribution in [0.25, 0.3) is 0 Å². The number of ether oxygens (including phenoxy) is 1. The Balaban J connectivity index is 2.22. The molecule has 0 aliphatic rings. The fourth-order valence-corrected chi connectivity index (χ4v) is 3.88. The number of rotatable bonds is 11. The summed E-state index contributed by atoms with van der Waals surface area (Å²) in [5, 5.41) is 3.52. The SMILES string of the molecule is CCCCNC(=O)[C@@H](CC)N(Cc1ccccc1Cl)C(=O)COc1cc(C)c(Br)c(C)c1. The Labute approximate surface area is 204 Å². The van der Waals surface area contributed by atoms with Gasteiger partial charge in [0.15, 0.2) is 6.61 Å². The van der Waals surface area contributed by atoms with Crippen molar-refractivity contribution < 1.29 is 14.3 Å². The van der Waals surface area contributed by atoms with Gasteiger partial charge in [-0.15, -0.1) is 0 Å². The maximum Gasteiger partial charge on any atom is 0.261 e. The molecular weight excluding hydrogens is 492 g/mol. The fourth-order valence-electron chi connectivity index (χ4n) is 3.45. The van der Waals surface area contributed by atoms with Gasteiger partial charge in [-0.05, 0) is 61.6 Å². The monoisotopic (exact) mass is 522 g/mol. The quantitative estimate of drug-likeness (QED) is 0.378. The molecule has 0 unspecified atom stereocenters. The van der Waals surface area contributed by atoms with Crippen LogP contribution >= 0.6 is 27.5 Å². The van der Waals surface area contributed by atoms with E-state index in [1.807, 2.05) is 51.1 Å². The molecule has 0 saturated carbocycles. The number of amides is 2. The number of aryl methyl sites for hydroxylation is 2. The van der Waals surface area contributed by atoms with Gasteiger partial charge in [0.2, 0.25) is 5.91 Å². The lowest BCUT2D eigenvalue weighted by molar-refractivity contribution is -0.143. The highest BCUT2D eigenvalue weighted by Gasteiger charge is 2.29. The highest BCUT2D eigenvalue weighted by molar-refractivity contribution is 9.10. The van der Waals surface area contributed by atoms with E-state index in [0.717, 1.165) is 34.0 Å². The van der Waals surface area contributed by atoms with Crippen LogP contribution in [0.15, 0.2) is 40.9 Å². The summed E-state index contributed by atoms with van der Waals surface area (Å²) in [6, 6.07) is 10.5. The molecule has 32 heavy (non-hydrogen) atoms. The van der Waals surface area contributed by atoms with Crippen LogP contribution in [-0.4, -0.2) is 35.9 Å². The van der Waals surface area contributed by atoms with Crippen LogP contribution in [0.4, 0.5) is 0 Å². The first kappa shape index (κ1) is 26.2. The molecule has 174 valence electrons. The predicted molar refractivity (Wildman–Crippen MR) is 133 cm³/mol. The fraction of sp³-hybridized carbons (Fsp3) is 0.440. The number of benzene rings is 2. The molecule has 5 nitrogen and oxygen atoms in total. The molecule has 0 aliphatic heterocycles. The lowest BCUT2D eigenvalue weighted by atomic mass is 10.1. The molecule has 1 N–H and O–H groups in total. The smallest absolute Gasteiger partial charge is 0.261 e. The van der Waals surface area contributed by atoms with Crippen molar-refractivity contribution in [3.63, 3.8) is 0 Å². The van der Waals surface area contributed by atoms with Crippen LogP contribution < -0.4 is 10.1 Å². The average molecular weight is 524 g/mol. The minimum absolute atomic E-state index is 0.156. The molecule has 0 saturated heterocycles. The molecule has 2 aromatic carbocycles. The third-order valence-electron chi connectivity index (χ3n) is 5.29. The summed E-state index contributed by atoms with van der Waals surface area (Å²) < 4.78 is 6.85. The molecule has 2 amide bonds. The third-order valence-corrected chi connectivity index (χ3v) is 6.91. The summed E-state index contributed by atoms with van der Waals surface area (Å²) in [5.74, 6) is 0.201. The lowest BCUT2D eigenvalue weighted by Gasteiger charge is -2.31. The number of hydrogen-bond donors (Lipinski definition) is 1. The van der Waals surface area contributed by atoms with Crippen molar-refractivity contribution in [3.8, 4) is 5.75 Å². The summed E-state index contributed by atoms with van der Waals surface area (Å²) in [6.45, 7) is 8.59. The number of carbonyl (C=O) groups excluding carboxylic acids is 2. The van der Waals surface area contributed by atoms with E-state index in [2.05, 4.69) is 28.2 Å². The second-order valence-electron chi connectivity index (χ2n) is 7.84. The Hall–Kier alpha value is -2.05. The van der Waals surface area contributed by atoms with Crippen LogP contribution in [0.1, 0.15) is 49.8 Å². The second kappa shape index (κ2) is 12.9. The van der Waals surface area contributed by atoms with Crippen LogP contribution in [0.5, 0.6) is 5.75 Å². The largest absolute Gasteiger partial charge is 0.484 e. The van der Waals surface area contributed by atoms with Gasteiger partial charge in [-0.3, -0.25) is 9.59 Å². The molecule has 0 fully saturated rings. The standard InChI is InChI=1S/C25H32BrClN2O3/c1-5-7-12-28-25(31)22(6-2)29(15-19-10-8-9-11-21(19)27)23(30)16-32-20-13-17(3)24(26)18(4)14-20/h8-11,13-14,22H,5-7,12,15-16H2,1-4H3,(H,28,31)/t22-/m1/s1. The van der Waals surface area contributed by atoms with Crippen molar-refractivity contribution in [2.24, 2.45) is 0 Å². The van der Waals surface area contributed by atoms with Gasteiger partial charge in [0, 0.05) is 22.6 Å². The Morgan fingerprint density at radius 2 is 1.81 bits per heavy atom. The minimum atomic E-state index is -0.604. The predicted octanol–water partition coefficient (Wildman–Crippen LogP) is 5.82. The lowest BCUT2D eigenvalue weighted by Crippen LogP contribution is -2.50. The van der Waals surface area contributed by atoms with Crippen molar-refractivity contribution in [2.45, 2.75) is 59.5 Å². The van der Waals surface area contributed by atoms with Gasteiger partial charge < -0.3 is 15.0 Å². The summed E-state index contributed by atoms with van der Waals surface area (Å²) in [7, 11) is 0. The summed E-state index contributed by atoms with van der Waals surface area (Å²) in [5.41, 5.74) is 2.85. The summed E-state index contributed by atoms with van der Waals surface area (Å²) in [6.07, 6.45) is 2.37. The molecule has 0 aromatic heterocycles. The Morgan fingerprint density at radius 1 is 1.16 bits per heavy atom. The second-order valence-corrected chi connectivity index (χ2v) is 9.04. The first-order valence-corrected chi connectivity index (χ1v) is 12.2. The number of unbranched alkanes of at least 4 members (excludes halogenated alkanes) is 1. The van der Waals surface area contributed by atoms with E-state index in [1.54, 1.807) is 11.0 Å². The topological polar surface area (TPSA) is 58.6 Å². The van der Waals surface area contributed by atoms with Gasteiger partial charge in [0.1, 0.15) is 11.8 Å². The molecule has 0 bridgehead atoms. The zero-order chi connectivity index (χ0) is 23.7. The molecule has 2 aromatic rings. The number of nitrogens with one attached hydrogen (secondary N) is 1. The zero-order valence-corrected chi connectivity index (χ0v) is 21.6. The highest BCUT2D eigenvalue weighted by atomic mass is 79.9. The number of carbonyl (C=O) groups is 2. The van der Waals surface area contributed by atoms with Crippen LogP contribution in [0, 0.1) is 13.8 Å². The van der Waals surface area contributed by atoms with E-state index in [9.17, 15) is 9.59 Å². The summed E-state index contributed by atoms with van der Waals surface area (Å²) >= 11 is 9.89. The summed E-state index contributed by atoms with van der Waals surface area (Å²) in [4.78, 5) is 27.7. The van der Waals surface area contributed by atoms with E-state index in [4.69, 9.17) is 16.3 Å². The van der Waals surface area contributed by atoms with Gasteiger partial charge in [-0.25, -0.2) is 0 Å². The maximum atomic E-state index is 13.3. The van der Waals surface area contributed by atoms with Crippen LogP contribution in [0.2, 0.25) is 5.02 Å². The third kappa shape index (κ3) is 7.24. The highest BCUT2D eigenvalue weighted by Crippen LogP contribution is 2.26. The average Bonchev–Trinajstić information content (AvgIpc) is 2.77. The van der Waals surface area contributed by atoms with E-state index in [-0.39, 0.29) is 25.0 Å². The molecule has 0 aliphatic carbocycles. The first-order valence-electron chi connectivity index (χ1n) is 11.0. The van der Waals surface area contributed by atoms with Gasteiger partial charge in [0.05, 0.1) is 0 Å². The van der Waals surface area contributed by atoms with Crippen molar-refractivity contribution in [3.05, 3.63) is 62.6 Å². The van der Waals surface area contributed by atoms with E-state index < -0.39 is 6.04 Å². The number of halogens is 2. The van der Waals surface area contributed by atoms with Crippen molar-refractivity contribution >= 4 is 39.3 Å². The van der Waals surface area contributed by atoms with Crippen LogP contribution in [0.3, 0.4) is 0 Å². The first-order chi connectivity index (χ1) is 15.3. The minimum Gasteiger partial charge on any atom is -0.484 e. The van der Waals surface area contributed by atoms with Gasteiger partial charge in [-0.2, -0.15) is 0 Å². The van der Waals surface area contributed by atoms with Gasteiger partial charge in [-0.1, -0.05) is 66.0 Å². The Morgan fingerprint density at radius 3 is 2.41 bits per heavy atom. The Bertz CT molecular complexity index is 912.